The highest BCUT2D eigenvalue weighted by Crippen LogP contribution is 2.23. The van der Waals surface area contributed by atoms with Gasteiger partial charge in [-0.2, -0.15) is 0 Å². The number of hydrogen-bond donors (Lipinski definition) is 4. The first-order valence-electron chi connectivity index (χ1n) is 5.65. The molecule has 1 aromatic carbocycles. The number of carbonyl (C=O) groups is 2. The molecule has 1 atom stereocenters. The van der Waals surface area contributed by atoms with Crippen LogP contribution in [-0.4, -0.2) is 22.1 Å². The zero-order chi connectivity index (χ0) is 14.7. The summed E-state index contributed by atoms with van der Waals surface area (Å²) in [6, 6.07) is 6.51. The van der Waals surface area contributed by atoms with E-state index in [1.54, 1.807) is 12.1 Å². The minimum Gasteiger partial charge on any atom is -0.507 e. The SMILES string of the molecule is NC(C(=O)Nc1ccc(C(=O)O)c(O)c1)c1cccs1. The molecular formula is C13H12N2O4S. The van der Waals surface area contributed by atoms with Gasteiger partial charge >= 0.3 is 5.97 Å². The van der Waals surface area contributed by atoms with E-state index < -0.39 is 23.7 Å². The van der Waals surface area contributed by atoms with Crippen LogP contribution < -0.4 is 11.1 Å². The van der Waals surface area contributed by atoms with Gasteiger partial charge in [-0.3, -0.25) is 4.79 Å². The second-order valence-electron chi connectivity index (χ2n) is 4.02. The molecule has 0 fully saturated rings. The van der Waals surface area contributed by atoms with Crippen LogP contribution in [0.1, 0.15) is 21.3 Å². The summed E-state index contributed by atoms with van der Waals surface area (Å²) >= 11 is 1.37. The number of benzene rings is 1. The van der Waals surface area contributed by atoms with Crippen molar-refractivity contribution in [2.45, 2.75) is 6.04 Å². The van der Waals surface area contributed by atoms with E-state index in [2.05, 4.69) is 5.32 Å². The van der Waals surface area contributed by atoms with Crippen molar-refractivity contribution in [3.05, 3.63) is 46.2 Å². The van der Waals surface area contributed by atoms with Crippen molar-refractivity contribution in [3.63, 3.8) is 0 Å². The fraction of sp³-hybridized carbons (Fsp3) is 0.0769. The van der Waals surface area contributed by atoms with Gasteiger partial charge in [-0.25, -0.2) is 4.79 Å². The Morgan fingerprint density at radius 3 is 2.60 bits per heavy atom. The largest absolute Gasteiger partial charge is 0.507 e. The van der Waals surface area contributed by atoms with Gasteiger partial charge in [0.05, 0.1) is 0 Å². The van der Waals surface area contributed by atoms with Gasteiger partial charge in [-0.1, -0.05) is 6.07 Å². The maximum absolute atomic E-state index is 11.9. The van der Waals surface area contributed by atoms with Crippen LogP contribution in [0.15, 0.2) is 35.7 Å². The molecule has 0 spiro atoms. The molecule has 1 aromatic heterocycles. The predicted molar refractivity (Wildman–Crippen MR) is 74.9 cm³/mol. The Balaban J connectivity index is 2.12. The van der Waals surface area contributed by atoms with Gasteiger partial charge < -0.3 is 21.3 Å². The second kappa shape index (κ2) is 5.72. The number of carboxylic acid groups (broad SMARTS) is 1. The number of nitrogens with one attached hydrogen (secondary N) is 1. The Morgan fingerprint density at radius 2 is 2.05 bits per heavy atom. The van der Waals surface area contributed by atoms with E-state index in [0.717, 1.165) is 0 Å². The summed E-state index contributed by atoms with van der Waals surface area (Å²) in [5, 5.41) is 22.7. The Morgan fingerprint density at radius 1 is 1.30 bits per heavy atom. The minimum absolute atomic E-state index is 0.231. The highest BCUT2D eigenvalue weighted by atomic mass is 32.1. The molecule has 1 heterocycles. The van der Waals surface area contributed by atoms with Gasteiger partial charge in [0.2, 0.25) is 5.91 Å². The molecule has 0 aliphatic rings. The molecule has 5 N–H and O–H groups in total. The van der Waals surface area contributed by atoms with E-state index in [9.17, 15) is 14.7 Å². The molecule has 2 rings (SSSR count). The number of aromatic hydroxyl groups is 1. The van der Waals surface area contributed by atoms with E-state index in [0.29, 0.717) is 4.88 Å². The molecule has 7 heteroatoms. The van der Waals surface area contributed by atoms with Gasteiger partial charge in [0.25, 0.3) is 0 Å². The highest BCUT2D eigenvalue weighted by molar-refractivity contribution is 7.10. The number of carbonyl (C=O) groups excluding carboxylic acids is 1. The Labute approximate surface area is 118 Å². The maximum Gasteiger partial charge on any atom is 0.339 e. The molecule has 20 heavy (non-hydrogen) atoms. The Hall–Kier alpha value is -2.38. The molecule has 0 aliphatic heterocycles. The van der Waals surface area contributed by atoms with Crippen LogP contribution in [0.2, 0.25) is 0 Å². The standard InChI is InChI=1S/C13H12N2O4S/c14-11(10-2-1-5-20-10)12(17)15-7-3-4-8(13(18)19)9(16)6-7/h1-6,11,16H,14H2,(H,15,17)(H,18,19). The first-order chi connectivity index (χ1) is 9.49. The van der Waals surface area contributed by atoms with Gasteiger partial charge in [-0.15, -0.1) is 11.3 Å². The molecule has 104 valence electrons. The van der Waals surface area contributed by atoms with Gasteiger partial charge in [0, 0.05) is 16.6 Å². The zero-order valence-electron chi connectivity index (χ0n) is 10.2. The van der Waals surface area contributed by atoms with Crippen LogP contribution in [0.4, 0.5) is 5.69 Å². The number of nitrogens with two attached hydrogens (primary N) is 1. The predicted octanol–water partition coefficient (Wildman–Crippen LogP) is 1.79. The smallest absolute Gasteiger partial charge is 0.339 e. The van der Waals surface area contributed by atoms with Gasteiger partial charge in [0.1, 0.15) is 17.4 Å². The van der Waals surface area contributed by atoms with Crippen molar-refractivity contribution in [1.82, 2.24) is 0 Å². The summed E-state index contributed by atoms with van der Waals surface area (Å²) in [4.78, 5) is 23.4. The molecule has 1 unspecified atom stereocenters. The molecule has 0 saturated heterocycles. The van der Waals surface area contributed by atoms with E-state index in [1.807, 2.05) is 5.38 Å². The first kappa shape index (κ1) is 14.0. The third kappa shape index (κ3) is 2.95. The van der Waals surface area contributed by atoms with E-state index >= 15 is 0 Å². The van der Waals surface area contributed by atoms with Crippen LogP contribution in [0.25, 0.3) is 0 Å². The van der Waals surface area contributed by atoms with Crippen molar-refractivity contribution in [1.29, 1.82) is 0 Å². The lowest BCUT2D eigenvalue weighted by molar-refractivity contribution is -0.117. The lowest BCUT2D eigenvalue weighted by Gasteiger charge is -2.11. The van der Waals surface area contributed by atoms with Crippen LogP contribution in [-0.2, 0) is 4.79 Å². The van der Waals surface area contributed by atoms with Crippen molar-refractivity contribution >= 4 is 28.9 Å². The van der Waals surface area contributed by atoms with Crippen molar-refractivity contribution < 1.29 is 19.8 Å². The summed E-state index contributed by atoms with van der Waals surface area (Å²) in [6.45, 7) is 0. The average molecular weight is 292 g/mol. The lowest BCUT2D eigenvalue weighted by atomic mass is 10.1. The maximum atomic E-state index is 11.9. The zero-order valence-corrected chi connectivity index (χ0v) is 11.1. The van der Waals surface area contributed by atoms with E-state index in [4.69, 9.17) is 10.8 Å². The third-order valence-corrected chi connectivity index (χ3v) is 3.58. The van der Waals surface area contributed by atoms with Crippen LogP contribution in [0.3, 0.4) is 0 Å². The van der Waals surface area contributed by atoms with Crippen LogP contribution >= 0.6 is 11.3 Å². The number of aromatic carboxylic acids is 1. The highest BCUT2D eigenvalue weighted by Gasteiger charge is 2.17. The minimum atomic E-state index is -1.24. The van der Waals surface area contributed by atoms with Crippen molar-refractivity contribution in [2.75, 3.05) is 5.32 Å². The summed E-state index contributed by atoms with van der Waals surface area (Å²) in [5.41, 5.74) is 5.84. The topological polar surface area (TPSA) is 113 Å². The summed E-state index contributed by atoms with van der Waals surface area (Å²) in [7, 11) is 0. The molecule has 0 bridgehead atoms. The number of carboxylic acids is 1. The molecular weight excluding hydrogens is 280 g/mol. The summed E-state index contributed by atoms with van der Waals surface area (Å²) in [6.07, 6.45) is 0. The monoisotopic (exact) mass is 292 g/mol. The molecule has 0 saturated carbocycles. The molecule has 0 radical (unpaired) electrons. The fourth-order valence-corrected chi connectivity index (χ4v) is 2.33. The number of amides is 1. The molecule has 0 aliphatic carbocycles. The first-order valence-corrected chi connectivity index (χ1v) is 6.53. The molecule has 1 amide bonds. The summed E-state index contributed by atoms with van der Waals surface area (Å²) < 4.78 is 0. The fourth-order valence-electron chi connectivity index (χ4n) is 1.61. The van der Waals surface area contributed by atoms with Gasteiger partial charge in [0.15, 0.2) is 0 Å². The quantitative estimate of drug-likeness (QED) is 0.686. The van der Waals surface area contributed by atoms with Crippen molar-refractivity contribution in [2.24, 2.45) is 5.73 Å². The molecule has 2 aromatic rings. The van der Waals surface area contributed by atoms with Crippen LogP contribution in [0, 0.1) is 0 Å². The Bertz CT molecular complexity index is 640. The summed E-state index contributed by atoms with van der Waals surface area (Å²) in [5.74, 6) is -2.09. The Kier molecular flexibility index (Phi) is 4.02. The number of anilines is 1. The average Bonchev–Trinajstić information content (AvgIpc) is 2.91. The molecule has 6 nitrogen and oxygen atoms in total. The van der Waals surface area contributed by atoms with Crippen molar-refractivity contribution in [3.8, 4) is 5.75 Å². The van der Waals surface area contributed by atoms with Gasteiger partial charge in [-0.05, 0) is 23.6 Å². The van der Waals surface area contributed by atoms with E-state index in [-0.39, 0.29) is 11.3 Å². The number of phenols is 1. The number of rotatable bonds is 4. The van der Waals surface area contributed by atoms with E-state index in [1.165, 1.54) is 29.5 Å². The lowest BCUT2D eigenvalue weighted by Crippen LogP contribution is -2.26. The number of thiophene rings is 1. The second-order valence-corrected chi connectivity index (χ2v) is 5.00. The number of hydrogen-bond acceptors (Lipinski definition) is 5. The third-order valence-electron chi connectivity index (χ3n) is 2.63. The normalized spacial score (nSPS) is 11.8. The van der Waals surface area contributed by atoms with Crippen LogP contribution in [0.5, 0.6) is 5.75 Å².